The minimum absolute atomic E-state index is 0.0764. The number of halogens is 1. The van der Waals surface area contributed by atoms with E-state index in [0.717, 1.165) is 18.9 Å². The third-order valence-corrected chi connectivity index (χ3v) is 4.96. The molecular formula is C12H17FN2O2S. The first-order valence-electron chi connectivity index (χ1n) is 5.89. The number of hydrogen-bond donors (Lipinski definition) is 2. The molecule has 0 spiro atoms. The highest BCUT2D eigenvalue weighted by Crippen LogP contribution is 2.33. The van der Waals surface area contributed by atoms with Crippen LogP contribution in [0, 0.1) is 18.7 Å². The van der Waals surface area contributed by atoms with Gasteiger partial charge in [-0.3, -0.25) is 0 Å². The van der Waals surface area contributed by atoms with Crippen molar-refractivity contribution >= 4 is 15.7 Å². The SMILES string of the molecule is Cc1c(F)cc(N)cc1S(=O)(=O)NC(C)C1CC1. The van der Waals surface area contributed by atoms with Crippen molar-refractivity contribution in [1.82, 2.24) is 4.72 Å². The van der Waals surface area contributed by atoms with Crippen LogP contribution in [0.1, 0.15) is 25.3 Å². The zero-order valence-corrected chi connectivity index (χ0v) is 11.2. The Morgan fingerprint density at radius 3 is 2.61 bits per heavy atom. The molecule has 0 heterocycles. The highest BCUT2D eigenvalue weighted by atomic mass is 32.2. The second-order valence-corrected chi connectivity index (χ2v) is 6.56. The van der Waals surface area contributed by atoms with Gasteiger partial charge in [0.1, 0.15) is 5.82 Å². The van der Waals surface area contributed by atoms with Gasteiger partial charge in [-0.05, 0) is 44.7 Å². The van der Waals surface area contributed by atoms with Gasteiger partial charge in [0.05, 0.1) is 4.90 Å². The molecule has 0 aliphatic heterocycles. The van der Waals surface area contributed by atoms with E-state index in [1.54, 1.807) is 0 Å². The van der Waals surface area contributed by atoms with Crippen molar-refractivity contribution in [2.45, 2.75) is 37.6 Å². The minimum atomic E-state index is -3.71. The van der Waals surface area contributed by atoms with E-state index in [4.69, 9.17) is 5.73 Å². The van der Waals surface area contributed by atoms with Crippen LogP contribution in [0.4, 0.5) is 10.1 Å². The van der Waals surface area contributed by atoms with Crippen LogP contribution in [0.15, 0.2) is 17.0 Å². The van der Waals surface area contributed by atoms with Gasteiger partial charge in [-0.1, -0.05) is 0 Å². The predicted octanol–water partition coefficient (Wildman–Crippen LogP) is 1.79. The molecule has 1 aliphatic carbocycles. The van der Waals surface area contributed by atoms with Gasteiger partial charge in [-0.2, -0.15) is 0 Å². The fourth-order valence-corrected chi connectivity index (χ4v) is 3.55. The molecule has 1 aromatic carbocycles. The lowest BCUT2D eigenvalue weighted by Crippen LogP contribution is -2.34. The molecule has 0 radical (unpaired) electrons. The Bertz CT molecular complexity index is 568. The van der Waals surface area contributed by atoms with E-state index in [1.807, 2.05) is 6.92 Å². The maximum atomic E-state index is 13.5. The number of benzene rings is 1. The van der Waals surface area contributed by atoms with Gasteiger partial charge in [0, 0.05) is 17.3 Å². The van der Waals surface area contributed by atoms with Crippen LogP contribution >= 0.6 is 0 Å². The average molecular weight is 272 g/mol. The third-order valence-electron chi connectivity index (χ3n) is 3.28. The molecule has 0 aromatic heterocycles. The van der Waals surface area contributed by atoms with E-state index < -0.39 is 15.8 Å². The van der Waals surface area contributed by atoms with E-state index in [9.17, 15) is 12.8 Å². The van der Waals surface area contributed by atoms with Crippen molar-refractivity contribution in [3.63, 3.8) is 0 Å². The Labute approximate surface area is 106 Å². The molecule has 1 aromatic rings. The Balaban J connectivity index is 2.34. The summed E-state index contributed by atoms with van der Waals surface area (Å²) in [6.45, 7) is 3.26. The molecule has 1 saturated carbocycles. The summed E-state index contributed by atoms with van der Waals surface area (Å²) in [4.78, 5) is -0.0764. The molecule has 1 atom stereocenters. The minimum Gasteiger partial charge on any atom is -0.399 e. The van der Waals surface area contributed by atoms with E-state index in [0.29, 0.717) is 5.92 Å². The molecule has 100 valence electrons. The molecule has 1 fully saturated rings. The lowest BCUT2D eigenvalue weighted by molar-refractivity contribution is 0.535. The summed E-state index contributed by atoms with van der Waals surface area (Å²) in [5, 5.41) is 0. The van der Waals surface area contributed by atoms with Crippen LogP contribution < -0.4 is 10.5 Å². The molecule has 4 nitrogen and oxygen atoms in total. The molecule has 2 rings (SSSR count). The summed E-state index contributed by atoms with van der Waals surface area (Å²) < 4.78 is 40.4. The van der Waals surface area contributed by atoms with Gasteiger partial charge in [0.25, 0.3) is 0 Å². The summed E-state index contributed by atoms with van der Waals surface area (Å²) in [7, 11) is -3.71. The van der Waals surface area contributed by atoms with Gasteiger partial charge in [-0.25, -0.2) is 17.5 Å². The van der Waals surface area contributed by atoms with Crippen LogP contribution in [0.2, 0.25) is 0 Å². The van der Waals surface area contributed by atoms with Crippen LogP contribution in [0.25, 0.3) is 0 Å². The Morgan fingerprint density at radius 2 is 2.06 bits per heavy atom. The second-order valence-electron chi connectivity index (χ2n) is 4.87. The lowest BCUT2D eigenvalue weighted by Gasteiger charge is -2.15. The number of nitrogens with one attached hydrogen (secondary N) is 1. The van der Waals surface area contributed by atoms with E-state index in [2.05, 4.69) is 4.72 Å². The van der Waals surface area contributed by atoms with Gasteiger partial charge in [0.15, 0.2) is 0 Å². The molecule has 1 aliphatic rings. The van der Waals surface area contributed by atoms with Crippen LogP contribution in [0.5, 0.6) is 0 Å². The number of sulfonamides is 1. The fourth-order valence-electron chi connectivity index (χ4n) is 1.95. The number of nitrogens with two attached hydrogens (primary N) is 1. The standard InChI is InChI=1S/C12H17FN2O2S/c1-7-11(13)5-10(14)6-12(7)18(16,17)15-8(2)9-3-4-9/h5-6,8-9,15H,3-4,14H2,1-2H3. The number of nitrogen functional groups attached to an aromatic ring is 1. The van der Waals surface area contributed by atoms with Crippen LogP contribution in [-0.4, -0.2) is 14.5 Å². The van der Waals surface area contributed by atoms with Crippen molar-refractivity contribution in [3.05, 3.63) is 23.5 Å². The van der Waals surface area contributed by atoms with E-state index in [1.165, 1.54) is 13.0 Å². The summed E-state index contributed by atoms with van der Waals surface area (Å²) in [6, 6.07) is 2.29. The Hall–Kier alpha value is -1.14. The first kappa shape index (κ1) is 13.3. The van der Waals surface area contributed by atoms with Crippen molar-refractivity contribution in [3.8, 4) is 0 Å². The molecule has 3 N–H and O–H groups in total. The highest BCUT2D eigenvalue weighted by Gasteiger charge is 2.32. The number of anilines is 1. The summed E-state index contributed by atoms with van der Waals surface area (Å²) in [5.74, 6) is -0.208. The van der Waals surface area contributed by atoms with E-state index in [-0.39, 0.29) is 22.2 Å². The molecular weight excluding hydrogens is 255 g/mol. The molecule has 0 bridgehead atoms. The Kier molecular flexibility index (Phi) is 3.33. The van der Waals surface area contributed by atoms with Crippen molar-refractivity contribution in [2.24, 2.45) is 5.92 Å². The first-order chi connectivity index (χ1) is 8.31. The van der Waals surface area contributed by atoms with Gasteiger partial charge in [0.2, 0.25) is 10.0 Å². The molecule has 18 heavy (non-hydrogen) atoms. The van der Waals surface area contributed by atoms with Gasteiger partial charge in [-0.15, -0.1) is 0 Å². The molecule has 0 amide bonds. The number of hydrogen-bond acceptors (Lipinski definition) is 3. The third kappa shape index (κ3) is 2.64. The topological polar surface area (TPSA) is 72.2 Å². The largest absolute Gasteiger partial charge is 0.399 e. The summed E-state index contributed by atoms with van der Waals surface area (Å²) in [6.07, 6.45) is 2.07. The second kappa shape index (κ2) is 4.51. The number of rotatable bonds is 4. The predicted molar refractivity (Wildman–Crippen MR) is 68.1 cm³/mol. The smallest absolute Gasteiger partial charge is 0.241 e. The van der Waals surface area contributed by atoms with Gasteiger partial charge >= 0.3 is 0 Å². The quantitative estimate of drug-likeness (QED) is 0.821. The highest BCUT2D eigenvalue weighted by molar-refractivity contribution is 7.89. The fraction of sp³-hybridized carbons (Fsp3) is 0.500. The zero-order valence-electron chi connectivity index (χ0n) is 10.4. The van der Waals surface area contributed by atoms with Crippen LogP contribution in [-0.2, 0) is 10.0 Å². The average Bonchev–Trinajstić information content (AvgIpc) is 3.05. The first-order valence-corrected chi connectivity index (χ1v) is 7.37. The normalized spacial score (nSPS) is 17.7. The van der Waals surface area contributed by atoms with Crippen LogP contribution in [0.3, 0.4) is 0 Å². The Morgan fingerprint density at radius 1 is 1.44 bits per heavy atom. The monoisotopic (exact) mass is 272 g/mol. The molecule has 1 unspecified atom stereocenters. The maximum absolute atomic E-state index is 13.5. The van der Waals surface area contributed by atoms with Crippen molar-refractivity contribution < 1.29 is 12.8 Å². The molecule has 6 heteroatoms. The zero-order chi connectivity index (χ0) is 13.5. The summed E-state index contributed by atoms with van der Waals surface area (Å²) >= 11 is 0. The maximum Gasteiger partial charge on any atom is 0.241 e. The lowest BCUT2D eigenvalue weighted by atomic mass is 10.2. The van der Waals surface area contributed by atoms with Gasteiger partial charge < -0.3 is 5.73 Å². The molecule has 0 saturated heterocycles. The summed E-state index contributed by atoms with van der Waals surface area (Å²) in [5.41, 5.74) is 5.70. The van der Waals surface area contributed by atoms with Crippen molar-refractivity contribution in [1.29, 1.82) is 0 Å². The van der Waals surface area contributed by atoms with E-state index >= 15 is 0 Å². The van der Waals surface area contributed by atoms with Crippen molar-refractivity contribution in [2.75, 3.05) is 5.73 Å².